The van der Waals surface area contributed by atoms with Crippen molar-refractivity contribution in [3.63, 3.8) is 0 Å². The van der Waals surface area contributed by atoms with Crippen LogP contribution in [-0.4, -0.2) is 31.3 Å². The van der Waals surface area contributed by atoms with E-state index in [1.807, 2.05) is 0 Å². The Hall–Kier alpha value is -2.86. The molecule has 0 aliphatic heterocycles. The topological polar surface area (TPSA) is 87.3 Å². The maximum atomic E-state index is 12.0. The van der Waals surface area contributed by atoms with Crippen molar-refractivity contribution in [2.24, 2.45) is 0 Å². The summed E-state index contributed by atoms with van der Waals surface area (Å²) in [5.41, 5.74) is 1.71. The maximum absolute atomic E-state index is 12.0. The van der Waals surface area contributed by atoms with Crippen LogP contribution in [0.3, 0.4) is 0 Å². The number of carbonyl (C=O) groups excluding carboxylic acids is 3. The second-order valence-electron chi connectivity index (χ2n) is 5.22. The van der Waals surface area contributed by atoms with Crippen LogP contribution in [0.1, 0.15) is 26.3 Å². The van der Waals surface area contributed by atoms with Gasteiger partial charge in [-0.15, -0.1) is 0 Å². The van der Waals surface area contributed by atoms with Gasteiger partial charge in [-0.2, -0.15) is 0 Å². The standard InChI is InChI=1S/C18H18ClN3O3/c1-20-17(24)13-8-6-12(7-9-13)10-21-16(23)11-22-18(25)14-4-2-3-5-15(14)19/h2-9H,10-11H2,1H3,(H,20,24)(H,21,23)(H,22,25). The number of carbonyl (C=O) groups is 3. The van der Waals surface area contributed by atoms with Gasteiger partial charge in [-0.05, 0) is 29.8 Å². The predicted octanol–water partition coefficient (Wildman–Crippen LogP) is 1.75. The van der Waals surface area contributed by atoms with Crippen LogP contribution in [0.15, 0.2) is 48.5 Å². The van der Waals surface area contributed by atoms with Crippen LogP contribution in [0.4, 0.5) is 0 Å². The molecule has 2 aromatic rings. The Kier molecular flexibility index (Phi) is 6.54. The molecule has 2 aromatic carbocycles. The SMILES string of the molecule is CNC(=O)c1ccc(CNC(=O)CNC(=O)c2ccccc2Cl)cc1. The molecule has 130 valence electrons. The van der Waals surface area contributed by atoms with Crippen LogP contribution >= 0.6 is 11.6 Å². The highest BCUT2D eigenvalue weighted by Crippen LogP contribution is 2.14. The van der Waals surface area contributed by atoms with Crippen molar-refractivity contribution in [2.45, 2.75) is 6.54 Å². The van der Waals surface area contributed by atoms with E-state index in [4.69, 9.17) is 11.6 Å². The Morgan fingerprint density at radius 2 is 1.60 bits per heavy atom. The summed E-state index contributed by atoms with van der Waals surface area (Å²) < 4.78 is 0. The molecule has 2 rings (SSSR count). The first-order valence-corrected chi connectivity index (χ1v) is 7.99. The van der Waals surface area contributed by atoms with Gasteiger partial charge in [-0.25, -0.2) is 0 Å². The molecule has 0 aliphatic rings. The molecule has 0 aliphatic carbocycles. The van der Waals surface area contributed by atoms with E-state index in [2.05, 4.69) is 16.0 Å². The highest BCUT2D eigenvalue weighted by Gasteiger charge is 2.11. The minimum absolute atomic E-state index is 0.152. The third kappa shape index (κ3) is 5.32. The lowest BCUT2D eigenvalue weighted by Crippen LogP contribution is -2.36. The molecule has 6 nitrogen and oxygen atoms in total. The van der Waals surface area contributed by atoms with Crippen molar-refractivity contribution in [2.75, 3.05) is 13.6 Å². The van der Waals surface area contributed by atoms with Gasteiger partial charge in [0.05, 0.1) is 17.1 Å². The van der Waals surface area contributed by atoms with Gasteiger partial charge in [-0.3, -0.25) is 14.4 Å². The number of halogens is 1. The quantitative estimate of drug-likeness (QED) is 0.734. The Bertz CT molecular complexity index is 775. The first kappa shape index (κ1) is 18.5. The van der Waals surface area contributed by atoms with E-state index in [1.54, 1.807) is 55.6 Å². The minimum atomic E-state index is -0.407. The molecule has 0 fully saturated rings. The van der Waals surface area contributed by atoms with E-state index in [0.717, 1.165) is 5.56 Å². The van der Waals surface area contributed by atoms with Gasteiger partial charge in [0.15, 0.2) is 0 Å². The zero-order valence-electron chi connectivity index (χ0n) is 13.6. The third-order valence-electron chi connectivity index (χ3n) is 3.46. The molecular weight excluding hydrogens is 342 g/mol. The van der Waals surface area contributed by atoms with Crippen molar-refractivity contribution < 1.29 is 14.4 Å². The number of amides is 3. The van der Waals surface area contributed by atoms with Gasteiger partial charge < -0.3 is 16.0 Å². The highest BCUT2D eigenvalue weighted by atomic mass is 35.5. The van der Waals surface area contributed by atoms with Gasteiger partial charge in [-0.1, -0.05) is 35.9 Å². The van der Waals surface area contributed by atoms with Crippen LogP contribution in [0.2, 0.25) is 5.02 Å². The zero-order valence-corrected chi connectivity index (χ0v) is 14.4. The predicted molar refractivity (Wildman–Crippen MR) is 95.5 cm³/mol. The summed E-state index contributed by atoms with van der Waals surface area (Å²) in [6.45, 7) is 0.148. The molecule has 0 aromatic heterocycles. The number of hydrogen-bond donors (Lipinski definition) is 3. The van der Waals surface area contributed by atoms with Crippen molar-refractivity contribution >= 4 is 29.3 Å². The van der Waals surface area contributed by atoms with E-state index in [1.165, 1.54) is 0 Å². The van der Waals surface area contributed by atoms with E-state index >= 15 is 0 Å². The molecule has 25 heavy (non-hydrogen) atoms. The lowest BCUT2D eigenvalue weighted by Gasteiger charge is -2.08. The summed E-state index contributed by atoms with van der Waals surface area (Å²) in [4.78, 5) is 35.2. The Labute approximate surface area is 150 Å². The molecule has 0 atom stereocenters. The van der Waals surface area contributed by atoms with E-state index in [-0.39, 0.29) is 18.4 Å². The fourth-order valence-corrected chi connectivity index (χ4v) is 2.30. The molecule has 3 amide bonds. The first-order chi connectivity index (χ1) is 12.0. The van der Waals surface area contributed by atoms with Crippen molar-refractivity contribution in [1.82, 2.24) is 16.0 Å². The average molecular weight is 360 g/mol. The van der Waals surface area contributed by atoms with Crippen molar-refractivity contribution in [3.05, 3.63) is 70.2 Å². The normalized spacial score (nSPS) is 10.0. The Morgan fingerprint density at radius 1 is 0.920 bits per heavy atom. The molecule has 0 saturated carbocycles. The van der Waals surface area contributed by atoms with Crippen LogP contribution in [0, 0.1) is 0 Å². The lowest BCUT2D eigenvalue weighted by atomic mass is 10.1. The van der Waals surface area contributed by atoms with Gasteiger partial charge in [0.2, 0.25) is 5.91 Å². The summed E-state index contributed by atoms with van der Waals surface area (Å²) in [6, 6.07) is 13.5. The van der Waals surface area contributed by atoms with Gasteiger partial charge >= 0.3 is 0 Å². The largest absolute Gasteiger partial charge is 0.355 e. The molecule has 0 bridgehead atoms. The molecule has 0 radical (unpaired) electrons. The second-order valence-corrected chi connectivity index (χ2v) is 5.62. The van der Waals surface area contributed by atoms with Gasteiger partial charge in [0, 0.05) is 19.2 Å². The smallest absolute Gasteiger partial charge is 0.253 e. The first-order valence-electron chi connectivity index (χ1n) is 7.61. The fraction of sp³-hybridized carbons (Fsp3) is 0.167. The maximum Gasteiger partial charge on any atom is 0.253 e. The van der Waals surface area contributed by atoms with Crippen molar-refractivity contribution in [3.8, 4) is 0 Å². The summed E-state index contributed by atoms with van der Waals surface area (Å²) in [5, 5.41) is 8.08. The molecule has 0 unspecified atom stereocenters. The molecule has 7 heteroatoms. The summed E-state index contributed by atoms with van der Waals surface area (Å²) in [7, 11) is 1.56. The van der Waals surface area contributed by atoms with Crippen LogP contribution in [0.25, 0.3) is 0 Å². The highest BCUT2D eigenvalue weighted by molar-refractivity contribution is 6.33. The van der Waals surface area contributed by atoms with E-state index in [0.29, 0.717) is 22.7 Å². The molecule has 3 N–H and O–H groups in total. The number of rotatable bonds is 6. The zero-order chi connectivity index (χ0) is 18.2. The summed E-state index contributed by atoms with van der Waals surface area (Å²) >= 11 is 5.93. The third-order valence-corrected chi connectivity index (χ3v) is 3.79. The van der Waals surface area contributed by atoms with E-state index in [9.17, 15) is 14.4 Å². The summed E-state index contributed by atoms with van der Waals surface area (Å²) in [6.07, 6.45) is 0. The van der Waals surface area contributed by atoms with Crippen LogP contribution < -0.4 is 16.0 Å². The summed E-state index contributed by atoms with van der Waals surface area (Å²) in [5.74, 6) is -0.899. The second kappa shape index (κ2) is 8.84. The lowest BCUT2D eigenvalue weighted by molar-refractivity contribution is -0.120. The average Bonchev–Trinajstić information content (AvgIpc) is 2.64. The molecule has 0 heterocycles. The minimum Gasteiger partial charge on any atom is -0.355 e. The fourth-order valence-electron chi connectivity index (χ4n) is 2.08. The monoisotopic (exact) mass is 359 g/mol. The van der Waals surface area contributed by atoms with Gasteiger partial charge in [0.25, 0.3) is 11.8 Å². The van der Waals surface area contributed by atoms with Crippen molar-refractivity contribution in [1.29, 1.82) is 0 Å². The van der Waals surface area contributed by atoms with Gasteiger partial charge in [0.1, 0.15) is 0 Å². The number of nitrogens with one attached hydrogen (secondary N) is 3. The van der Waals surface area contributed by atoms with Crippen LogP contribution in [0.5, 0.6) is 0 Å². The molecular formula is C18H18ClN3O3. The van der Waals surface area contributed by atoms with E-state index < -0.39 is 5.91 Å². The van der Waals surface area contributed by atoms with Crippen LogP contribution in [-0.2, 0) is 11.3 Å². The molecule has 0 saturated heterocycles. The molecule has 0 spiro atoms. The number of benzene rings is 2. The Morgan fingerprint density at radius 3 is 2.24 bits per heavy atom. The Balaban J connectivity index is 1.80. The number of hydrogen-bond acceptors (Lipinski definition) is 3.